The van der Waals surface area contributed by atoms with Gasteiger partial charge in [0.1, 0.15) is 0 Å². The minimum Gasteiger partial charge on any atom is -0.430 e. The summed E-state index contributed by atoms with van der Waals surface area (Å²) in [6, 6.07) is 17.7. The number of nitro groups is 1. The molecular formula is C21H20N2O5. The third-order valence-corrected chi connectivity index (χ3v) is 4.75. The summed E-state index contributed by atoms with van der Waals surface area (Å²) in [6.45, 7) is 3.76. The number of cyclic esters (lactones) is 1. The summed E-state index contributed by atoms with van der Waals surface area (Å²) in [6.07, 6.45) is 0.477. The van der Waals surface area contributed by atoms with Crippen molar-refractivity contribution in [3.05, 3.63) is 94.2 Å². The summed E-state index contributed by atoms with van der Waals surface area (Å²) in [5.41, 5.74) is 0.231. The number of hydrogen-bond acceptors (Lipinski definition) is 5. The Balaban J connectivity index is 2.21. The van der Waals surface area contributed by atoms with Crippen LogP contribution in [-0.4, -0.2) is 27.9 Å². The molecule has 0 bridgehead atoms. The predicted octanol–water partition coefficient (Wildman–Crippen LogP) is 3.72. The van der Waals surface area contributed by atoms with Gasteiger partial charge in [-0.3, -0.25) is 14.9 Å². The lowest BCUT2D eigenvalue weighted by atomic mass is 9.75. The van der Waals surface area contributed by atoms with Crippen molar-refractivity contribution in [1.29, 1.82) is 0 Å². The molecule has 1 atom stereocenters. The summed E-state index contributed by atoms with van der Waals surface area (Å²) in [7, 11) is 0. The topological polar surface area (TPSA) is 89.8 Å². The van der Waals surface area contributed by atoms with Gasteiger partial charge in [-0.2, -0.15) is 0 Å². The van der Waals surface area contributed by atoms with Gasteiger partial charge in [0, 0.05) is 11.1 Å². The van der Waals surface area contributed by atoms with Crippen LogP contribution in [0.2, 0.25) is 0 Å². The summed E-state index contributed by atoms with van der Waals surface area (Å²) in [5.74, 6) is -0.964. The van der Waals surface area contributed by atoms with Crippen molar-refractivity contribution in [2.45, 2.75) is 25.5 Å². The Hall–Kier alpha value is -3.48. The minimum absolute atomic E-state index is 0.181. The van der Waals surface area contributed by atoms with Crippen molar-refractivity contribution in [3.63, 3.8) is 0 Å². The second-order valence-electron chi connectivity index (χ2n) is 6.83. The smallest absolute Gasteiger partial charge is 0.418 e. The maximum absolute atomic E-state index is 12.8. The molecule has 0 saturated carbocycles. The van der Waals surface area contributed by atoms with E-state index in [4.69, 9.17) is 4.74 Å². The first-order valence-corrected chi connectivity index (χ1v) is 8.87. The molecule has 28 heavy (non-hydrogen) atoms. The van der Waals surface area contributed by atoms with Crippen molar-refractivity contribution >= 4 is 12.0 Å². The molecule has 0 aliphatic carbocycles. The number of amides is 2. The molecule has 1 saturated heterocycles. The molecule has 2 aromatic carbocycles. The Labute approximate surface area is 162 Å². The quantitative estimate of drug-likeness (QED) is 0.448. The van der Waals surface area contributed by atoms with Crippen molar-refractivity contribution in [3.8, 4) is 0 Å². The van der Waals surface area contributed by atoms with Crippen LogP contribution < -0.4 is 0 Å². The SMILES string of the molecule is CC(C)C1N(C(=O)/C=C/[N+](=O)[O-])C(=O)OC1(c1ccccc1)c1ccccc1. The first kappa shape index (κ1) is 19.3. The summed E-state index contributed by atoms with van der Waals surface area (Å²) in [4.78, 5) is 36.3. The lowest BCUT2D eigenvalue weighted by Crippen LogP contribution is -2.49. The molecule has 0 spiro atoms. The summed E-state index contributed by atoms with van der Waals surface area (Å²) in [5, 5.41) is 10.6. The van der Waals surface area contributed by atoms with Crippen LogP contribution >= 0.6 is 0 Å². The summed E-state index contributed by atoms with van der Waals surface area (Å²) >= 11 is 0. The molecule has 144 valence electrons. The van der Waals surface area contributed by atoms with Gasteiger partial charge in [0.25, 0.3) is 5.91 Å². The van der Waals surface area contributed by atoms with E-state index in [1.165, 1.54) is 0 Å². The van der Waals surface area contributed by atoms with Crippen molar-refractivity contribution < 1.29 is 19.2 Å². The van der Waals surface area contributed by atoms with Gasteiger partial charge in [-0.1, -0.05) is 74.5 Å². The van der Waals surface area contributed by atoms with Gasteiger partial charge in [-0.15, -0.1) is 0 Å². The second-order valence-corrected chi connectivity index (χ2v) is 6.83. The number of benzene rings is 2. The maximum Gasteiger partial charge on any atom is 0.418 e. The van der Waals surface area contributed by atoms with E-state index in [1.54, 1.807) is 0 Å². The zero-order valence-electron chi connectivity index (χ0n) is 15.5. The van der Waals surface area contributed by atoms with Gasteiger partial charge in [0.2, 0.25) is 6.20 Å². The normalized spacial score (nSPS) is 18.5. The highest BCUT2D eigenvalue weighted by atomic mass is 16.6. The molecule has 1 fully saturated rings. The monoisotopic (exact) mass is 380 g/mol. The molecule has 7 heteroatoms. The van der Waals surface area contributed by atoms with E-state index < -0.39 is 28.6 Å². The molecule has 2 aromatic rings. The number of carbonyl (C=O) groups is 2. The van der Waals surface area contributed by atoms with Gasteiger partial charge in [0.15, 0.2) is 5.60 Å². The molecule has 0 N–H and O–H groups in total. The van der Waals surface area contributed by atoms with Crippen molar-refractivity contribution in [1.82, 2.24) is 4.90 Å². The lowest BCUT2D eigenvalue weighted by molar-refractivity contribution is -0.402. The second kappa shape index (κ2) is 7.64. The van der Waals surface area contributed by atoms with E-state index in [0.29, 0.717) is 6.20 Å². The summed E-state index contributed by atoms with van der Waals surface area (Å²) < 4.78 is 5.90. The molecule has 3 rings (SSSR count). The average Bonchev–Trinajstić information content (AvgIpc) is 3.02. The fourth-order valence-corrected chi connectivity index (χ4v) is 3.74. The molecule has 2 amide bonds. The van der Waals surface area contributed by atoms with Gasteiger partial charge in [0.05, 0.1) is 17.0 Å². The molecule has 0 aromatic heterocycles. The molecule has 0 radical (unpaired) electrons. The lowest BCUT2D eigenvalue weighted by Gasteiger charge is -2.37. The Morgan fingerprint density at radius 1 is 1.11 bits per heavy atom. The van der Waals surface area contributed by atoms with Gasteiger partial charge in [-0.05, 0) is 5.92 Å². The largest absolute Gasteiger partial charge is 0.430 e. The van der Waals surface area contributed by atoms with Crippen LogP contribution in [-0.2, 0) is 15.1 Å². The van der Waals surface area contributed by atoms with E-state index in [-0.39, 0.29) is 5.92 Å². The van der Waals surface area contributed by atoms with E-state index in [9.17, 15) is 19.7 Å². The zero-order valence-corrected chi connectivity index (χ0v) is 15.5. The van der Waals surface area contributed by atoms with Crippen molar-refractivity contribution in [2.75, 3.05) is 0 Å². The van der Waals surface area contributed by atoms with Crippen LogP contribution in [0.4, 0.5) is 4.79 Å². The minimum atomic E-state index is -1.22. The Bertz CT molecular complexity index is 869. The third-order valence-electron chi connectivity index (χ3n) is 4.75. The van der Waals surface area contributed by atoms with Crippen LogP contribution in [0, 0.1) is 16.0 Å². The van der Waals surface area contributed by atoms with Crippen molar-refractivity contribution in [2.24, 2.45) is 5.92 Å². The van der Waals surface area contributed by atoms with Crippen LogP contribution in [0.3, 0.4) is 0 Å². The number of imide groups is 1. The highest BCUT2D eigenvalue weighted by Gasteiger charge is 2.59. The average molecular weight is 380 g/mol. The first-order chi connectivity index (χ1) is 13.4. The molecule has 1 unspecified atom stereocenters. The number of rotatable bonds is 5. The van der Waals surface area contributed by atoms with E-state index in [1.807, 2.05) is 74.5 Å². The van der Waals surface area contributed by atoms with Gasteiger partial charge in [-0.25, -0.2) is 9.69 Å². The molecule has 1 aliphatic heterocycles. The van der Waals surface area contributed by atoms with Crippen LogP contribution in [0.1, 0.15) is 25.0 Å². The third kappa shape index (κ3) is 3.26. The number of hydrogen-bond donors (Lipinski definition) is 0. The van der Waals surface area contributed by atoms with E-state index >= 15 is 0 Å². The number of nitrogens with zero attached hydrogens (tertiary/aromatic N) is 2. The Morgan fingerprint density at radius 3 is 2.04 bits per heavy atom. The van der Waals surface area contributed by atoms with E-state index in [0.717, 1.165) is 22.1 Å². The Morgan fingerprint density at radius 2 is 1.61 bits per heavy atom. The maximum atomic E-state index is 12.8. The van der Waals surface area contributed by atoms with Crippen LogP contribution in [0.5, 0.6) is 0 Å². The van der Waals surface area contributed by atoms with Crippen LogP contribution in [0.25, 0.3) is 0 Å². The molecule has 7 nitrogen and oxygen atoms in total. The fourth-order valence-electron chi connectivity index (χ4n) is 3.74. The zero-order chi connectivity index (χ0) is 20.3. The molecule has 1 aliphatic rings. The standard InChI is InChI=1S/C21H20N2O5/c1-15(2)19-21(16-9-5-3-6-10-16,17-11-7-4-8-12-17)28-20(25)23(19)18(24)13-14-22(26)27/h3-15,19H,1-2H3/b14-13+. The van der Waals surface area contributed by atoms with E-state index in [2.05, 4.69) is 0 Å². The van der Waals surface area contributed by atoms with Gasteiger partial charge >= 0.3 is 6.09 Å². The number of carbonyl (C=O) groups excluding carboxylic acids is 2. The van der Waals surface area contributed by atoms with Gasteiger partial charge < -0.3 is 4.74 Å². The first-order valence-electron chi connectivity index (χ1n) is 8.87. The van der Waals surface area contributed by atoms with Crippen LogP contribution in [0.15, 0.2) is 72.9 Å². The molecule has 1 heterocycles. The fraction of sp³-hybridized carbons (Fsp3) is 0.238. The highest BCUT2D eigenvalue weighted by Crippen LogP contribution is 2.47. The predicted molar refractivity (Wildman–Crippen MR) is 102 cm³/mol. The molecular weight excluding hydrogens is 360 g/mol. The number of ether oxygens (including phenoxy) is 1. The highest BCUT2D eigenvalue weighted by molar-refractivity contribution is 6.00. The Kier molecular flexibility index (Phi) is 5.26.